The van der Waals surface area contributed by atoms with Gasteiger partial charge < -0.3 is 14.6 Å². The molecular formula is C14H24N2O2. The van der Waals surface area contributed by atoms with Crippen LogP contribution in [0.3, 0.4) is 0 Å². The van der Waals surface area contributed by atoms with Crippen molar-refractivity contribution in [3.05, 3.63) is 33.2 Å². The van der Waals surface area contributed by atoms with Gasteiger partial charge in [-0.2, -0.15) is 0 Å². The van der Waals surface area contributed by atoms with Gasteiger partial charge in [-0.3, -0.25) is 4.79 Å². The molecule has 0 unspecified atom stereocenters. The maximum atomic E-state index is 12.4. The molecule has 0 fully saturated rings. The summed E-state index contributed by atoms with van der Waals surface area (Å²) in [5.41, 5.74) is 3.11. The van der Waals surface area contributed by atoms with E-state index in [0.29, 0.717) is 13.2 Å². The molecule has 1 rings (SSSR count). The van der Waals surface area contributed by atoms with Crippen molar-refractivity contribution in [3.8, 4) is 0 Å². The maximum Gasteiger partial charge on any atom is 0.255 e. The Bertz CT molecular complexity index is 438. The number of nitrogens with zero attached hydrogens (tertiary/aromatic N) is 1. The van der Waals surface area contributed by atoms with Crippen LogP contribution in [0.4, 0.5) is 0 Å². The molecule has 0 aliphatic carbocycles. The van der Waals surface area contributed by atoms with Gasteiger partial charge in [-0.05, 0) is 31.9 Å². The number of aromatic nitrogens is 1. The van der Waals surface area contributed by atoms with Gasteiger partial charge in [-0.1, -0.05) is 6.92 Å². The van der Waals surface area contributed by atoms with Crippen LogP contribution < -0.4 is 10.9 Å². The second kappa shape index (κ2) is 7.34. The summed E-state index contributed by atoms with van der Waals surface area (Å²) in [6.07, 6.45) is 0.973. The molecule has 0 bridgehead atoms. The van der Waals surface area contributed by atoms with Crippen LogP contribution >= 0.6 is 0 Å². The van der Waals surface area contributed by atoms with E-state index in [1.165, 1.54) is 0 Å². The van der Waals surface area contributed by atoms with Crippen LogP contribution in [-0.2, 0) is 17.8 Å². The van der Waals surface area contributed by atoms with Crippen molar-refractivity contribution in [2.24, 2.45) is 0 Å². The molecule has 18 heavy (non-hydrogen) atoms. The van der Waals surface area contributed by atoms with Gasteiger partial charge in [0.25, 0.3) is 5.56 Å². The lowest BCUT2D eigenvalue weighted by Crippen LogP contribution is -2.30. The van der Waals surface area contributed by atoms with Gasteiger partial charge in [-0.25, -0.2) is 0 Å². The van der Waals surface area contributed by atoms with Crippen LogP contribution in [0.25, 0.3) is 0 Å². The van der Waals surface area contributed by atoms with Gasteiger partial charge in [-0.15, -0.1) is 0 Å². The summed E-state index contributed by atoms with van der Waals surface area (Å²) in [7, 11) is 1.67. The van der Waals surface area contributed by atoms with Crippen molar-refractivity contribution in [1.82, 2.24) is 9.88 Å². The van der Waals surface area contributed by atoms with Crippen molar-refractivity contribution in [2.75, 3.05) is 20.3 Å². The monoisotopic (exact) mass is 252 g/mol. The predicted molar refractivity (Wildman–Crippen MR) is 74.0 cm³/mol. The van der Waals surface area contributed by atoms with Gasteiger partial charge in [0.05, 0.1) is 6.61 Å². The fraction of sp³-hybridized carbons (Fsp3) is 0.643. The van der Waals surface area contributed by atoms with Crippen LogP contribution in [0.5, 0.6) is 0 Å². The van der Waals surface area contributed by atoms with Gasteiger partial charge in [0.1, 0.15) is 0 Å². The molecule has 0 aliphatic rings. The molecular weight excluding hydrogens is 228 g/mol. The second-order valence-electron chi connectivity index (χ2n) is 4.57. The molecule has 1 heterocycles. The quantitative estimate of drug-likeness (QED) is 0.750. The third-order valence-electron chi connectivity index (χ3n) is 3.06. The highest BCUT2D eigenvalue weighted by Gasteiger charge is 2.09. The van der Waals surface area contributed by atoms with E-state index in [1.54, 1.807) is 7.11 Å². The lowest BCUT2D eigenvalue weighted by molar-refractivity contribution is 0.199. The largest absolute Gasteiger partial charge is 0.383 e. The number of aryl methyl sites for hydroxylation is 2. The Labute approximate surface area is 109 Å². The van der Waals surface area contributed by atoms with Crippen LogP contribution in [0.1, 0.15) is 30.2 Å². The molecule has 0 amide bonds. The number of hydrogen-bond acceptors (Lipinski definition) is 3. The highest BCUT2D eigenvalue weighted by atomic mass is 16.5. The number of rotatable bonds is 7. The molecule has 1 aromatic rings. The van der Waals surface area contributed by atoms with E-state index in [4.69, 9.17) is 4.74 Å². The molecule has 0 aromatic carbocycles. The first-order valence-corrected chi connectivity index (χ1v) is 6.51. The number of nitrogens with one attached hydrogen (secondary N) is 1. The van der Waals surface area contributed by atoms with Gasteiger partial charge >= 0.3 is 0 Å². The van der Waals surface area contributed by atoms with Crippen molar-refractivity contribution in [2.45, 2.75) is 40.3 Å². The fourth-order valence-electron chi connectivity index (χ4n) is 2.07. The van der Waals surface area contributed by atoms with E-state index in [1.807, 2.05) is 18.4 Å². The Kier molecular flexibility index (Phi) is 6.09. The molecule has 4 heteroatoms. The summed E-state index contributed by atoms with van der Waals surface area (Å²) in [5, 5.41) is 3.23. The highest BCUT2D eigenvalue weighted by Crippen LogP contribution is 2.06. The van der Waals surface area contributed by atoms with Crippen LogP contribution in [0.15, 0.2) is 10.9 Å². The fourth-order valence-corrected chi connectivity index (χ4v) is 2.07. The zero-order chi connectivity index (χ0) is 13.5. The number of methoxy groups -OCH3 is 1. The van der Waals surface area contributed by atoms with E-state index in [-0.39, 0.29) is 5.56 Å². The lowest BCUT2D eigenvalue weighted by atomic mass is 10.1. The molecule has 0 aliphatic heterocycles. The van der Waals surface area contributed by atoms with E-state index in [2.05, 4.69) is 18.3 Å². The SMILES string of the molecule is CCCn1c(C)cc(C)c(CNCCOC)c1=O. The summed E-state index contributed by atoms with van der Waals surface area (Å²) < 4.78 is 6.84. The number of pyridine rings is 1. The van der Waals surface area contributed by atoms with Crippen LogP contribution in [0, 0.1) is 13.8 Å². The summed E-state index contributed by atoms with van der Waals surface area (Å²) in [4.78, 5) is 12.4. The molecule has 0 radical (unpaired) electrons. The first-order valence-electron chi connectivity index (χ1n) is 6.51. The smallest absolute Gasteiger partial charge is 0.255 e. The number of ether oxygens (including phenoxy) is 1. The molecule has 0 saturated heterocycles. The minimum absolute atomic E-state index is 0.138. The molecule has 1 aromatic heterocycles. The minimum Gasteiger partial charge on any atom is -0.383 e. The molecule has 1 N–H and O–H groups in total. The third-order valence-corrected chi connectivity index (χ3v) is 3.06. The zero-order valence-electron chi connectivity index (χ0n) is 11.9. The second-order valence-corrected chi connectivity index (χ2v) is 4.57. The summed E-state index contributed by atoms with van der Waals surface area (Å²) in [5.74, 6) is 0. The predicted octanol–water partition coefficient (Wildman–Crippen LogP) is 1.61. The van der Waals surface area contributed by atoms with Crippen molar-refractivity contribution >= 4 is 0 Å². The Hall–Kier alpha value is -1.13. The van der Waals surface area contributed by atoms with E-state index < -0.39 is 0 Å². The molecule has 4 nitrogen and oxygen atoms in total. The Morgan fingerprint density at radius 3 is 2.72 bits per heavy atom. The van der Waals surface area contributed by atoms with Gasteiger partial charge in [0, 0.05) is 38.0 Å². The highest BCUT2D eigenvalue weighted by molar-refractivity contribution is 5.26. The summed E-state index contributed by atoms with van der Waals surface area (Å²) in [6.45, 7) is 8.89. The third kappa shape index (κ3) is 3.68. The summed E-state index contributed by atoms with van der Waals surface area (Å²) >= 11 is 0. The average molecular weight is 252 g/mol. The number of hydrogen-bond donors (Lipinski definition) is 1. The normalized spacial score (nSPS) is 10.9. The maximum absolute atomic E-state index is 12.4. The van der Waals surface area contributed by atoms with E-state index in [9.17, 15) is 4.79 Å². The van der Waals surface area contributed by atoms with Gasteiger partial charge in [0.15, 0.2) is 0 Å². The van der Waals surface area contributed by atoms with Crippen LogP contribution in [0.2, 0.25) is 0 Å². The topological polar surface area (TPSA) is 43.3 Å². The Morgan fingerprint density at radius 1 is 1.39 bits per heavy atom. The Morgan fingerprint density at radius 2 is 2.11 bits per heavy atom. The minimum atomic E-state index is 0.138. The zero-order valence-corrected chi connectivity index (χ0v) is 11.9. The van der Waals surface area contributed by atoms with Crippen molar-refractivity contribution < 1.29 is 4.74 Å². The first kappa shape index (κ1) is 14.9. The van der Waals surface area contributed by atoms with Gasteiger partial charge in [0.2, 0.25) is 0 Å². The summed E-state index contributed by atoms with van der Waals surface area (Å²) in [6, 6.07) is 2.09. The van der Waals surface area contributed by atoms with Crippen molar-refractivity contribution in [1.29, 1.82) is 0 Å². The molecule has 0 saturated carbocycles. The lowest BCUT2D eigenvalue weighted by Gasteiger charge is -2.14. The first-order chi connectivity index (χ1) is 8.61. The average Bonchev–Trinajstić information content (AvgIpc) is 2.33. The van der Waals surface area contributed by atoms with Crippen LogP contribution in [-0.4, -0.2) is 24.8 Å². The van der Waals surface area contributed by atoms with E-state index in [0.717, 1.165) is 36.3 Å². The molecule has 0 spiro atoms. The molecule has 0 atom stereocenters. The standard InChI is InChI=1S/C14H24N2O2/c1-5-7-16-12(3)9-11(2)13(14(16)17)10-15-6-8-18-4/h9,15H,5-8,10H2,1-4H3. The molecule has 102 valence electrons. The Balaban J connectivity index is 2.90. The van der Waals surface area contributed by atoms with E-state index >= 15 is 0 Å². The van der Waals surface area contributed by atoms with Crippen molar-refractivity contribution in [3.63, 3.8) is 0 Å².